The summed E-state index contributed by atoms with van der Waals surface area (Å²) in [6.45, 7) is 9.64. The average Bonchev–Trinajstić information content (AvgIpc) is 2.27. The van der Waals surface area contributed by atoms with Crippen LogP contribution in [0.15, 0.2) is 24.3 Å². The lowest BCUT2D eigenvalue weighted by Crippen LogP contribution is -2.95. The molecule has 0 radical (unpaired) electrons. The van der Waals surface area contributed by atoms with E-state index in [0.29, 0.717) is 5.92 Å². The van der Waals surface area contributed by atoms with Crippen molar-refractivity contribution < 1.29 is 10.4 Å². The van der Waals surface area contributed by atoms with Crippen LogP contribution in [0.4, 0.5) is 0 Å². The minimum Gasteiger partial charge on any atom is -0.390 e. The summed E-state index contributed by atoms with van der Waals surface area (Å²) in [7, 11) is 0. The van der Waals surface area contributed by atoms with Crippen molar-refractivity contribution in [2.75, 3.05) is 6.61 Å². The Morgan fingerprint density at radius 3 is 2.19 bits per heavy atom. The Kier molecular flexibility index (Phi) is 4.51. The van der Waals surface area contributed by atoms with E-state index in [9.17, 15) is 0 Å². The molecule has 0 bridgehead atoms. The highest BCUT2D eigenvalue weighted by molar-refractivity contribution is 5.23. The third-order valence-corrected chi connectivity index (χ3v) is 2.94. The zero-order chi connectivity index (χ0) is 12.2. The number of benzene rings is 1. The summed E-state index contributed by atoms with van der Waals surface area (Å²) in [4.78, 5) is 0. The predicted molar refractivity (Wildman–Crippen MR) is 67.3 cm³/mol. The molecule has 0 heterocycles. The van der Waals surface area contributed by atoms with Gasteiger partial charge in [-0.1, -0.05) is 38.1 Å². The molecule has 0 unspecified atom stereocenters. The lowest BCUT2D eigenvalue weighted by atomic mass is 10.0. The summed E-state index contributed by atoms with van der Waals surface area (Å²) >= 11 is 0. The van der Waals surface area contributed by atoms with Crippen molar-refractivity contribution in [2.45, 2.75) is 45.7 Å². The largest absolute Gasteiger partial charge is 0.390 e. The van der Waals surface area contributed by atoms with Crippen molar-refractivity contribution in [3.63, 3.8) is 0 Å². The zero-order valence-corrected chi connectivity index (χ0v) is 10.8. The van der Waals surface area contributed by atoms with Crippen molar-refractivity contribution in [1.82, 2.24) is 0 Å². The summed E-state index contributed by atoms with van der Waals surface area (Å²) in [5, 5.41) is 11.3. The Balaban J connectivity index is 2.56. The van der Waals surface area contributed by atoms with E-state index in [1.165, 1.54) is 11.1 Å². The smallest absolute Gasteiger partial charge is 0.114 e. The minimum atomic E-state index is -0.0866. The third kappa shape index (κ3) is 3.95. The molecule has 0 aliphatic carbocycles. The number of quaternary nitrogens is 1. The number of hydrogen-bond acceptors (Lipinski definition) is 1. The molecule has 0 aromatic heterocycles. The van der Waals surface area contributed by atoms with Gasteiger partial charge >= 0.3 is 0 Å². The van der Waals surface area contributed by atoms with Gasteiger partial charge in [-0.05, 0) is 25.3 Å². The first-order valence-electron chi connectivity index (χ1n) is 5.99. The van der Waals surface area contributed by atoms with Gasteiger partial charge in [0.15, 0.2) is 0 Å². The summed E-state index contributed by atoms with van der Waals surface area (Å²) in [5.74, 6) is 0.590. The van der Waals surface area contributed by atoms with Crippen molar-refractivity contribution in [3.05, 3.63) is 35.4 Å². The zero-order valence-electron chi connectivity index (χ0n) is 10.8. The van der Waals surface area contributed by atoms with Gasteiger partial charge in [-0.15, -0.1) is 0 Å². The maximum Gasteiger partial charge on any atom is 0.114 e. The first-order chi connectivity index (χ1) is 7.44. The summed E-state index contributed by atoms with van der Waals surface area (Å²) < 4.78 is 0. The van der Waals surface area contributed by atoms with E-state index in [1.54, 1.807) is 0 Å². The summed E-state index contributed by atoms with van der Waals surface area (Å²) in [5.41, 5.74) is 2.60. The van der Waals surface area contributed by atoms with Crippen LogP contribution in [0, 0.1) is 0 Å². The van der Waals surface area contributed by atoms with E-state index in [2.05, 4.69) is 57.3 Å². The summed E-state index contributed by atoms with van der Waals surface area (Å²) in [6.07, 6.45) is 0. The van der Waals surface area contributed by atoms with Crippen molar-refractivity contribution in [2.24, 2.45) is 0 Å². The van der Waals surface area contributed by atoms with Gasteiger partial charge in [0.25, 0.3) is 0 Å². The number of aliphatic hydroxyl groups is 1. The average molecular weight is 222 g/mol. The van der Waals surface area contributed by atoms with Crippen molar-refractivity contribution >= 4 is 0 Å². The van der Waals surface area contributed by atoms with Crippen LogP contribution in [0.5, 0.6) is 0 Å². The molecule has 16 heavy (non-hydrogen) atoms. The van der Waals surface area contributed by atoms with Crippen LogP contribution in [0.2, 0.25) is 0 Å². The van der Waals surface area contributed by atoms with Gasteiger partial charge in [0.05, 0.1) is 6.61 Å². The first kappa shape index (κ1) is 13.2. The van der Waals surface area contributed by atoms with Crippen LogP contribution >= 0.6 is 0 Å². The third-order valence-electron chi connectivity index (χ3n) is 2.94. The Bertz CT molecular complexity index is 314. The maximum absolute atomic E-state index is 9.16. The van der Waals surface area contributed by atoms with E-state index in [4.69, 9.17) is 5.11 Å². The van der Waals surface area contributed by atoms with Crippen molar-refractivity contribution in [1.29, 1.82) is 0 Å². The molecule has 1 rings (SSSR count). The number of aliphatic hydroxyl groups excluding tert-OH is 1. The molecule has 0 fully saturated rings. The van der Waals surface area contributed by atoms with Crippen LogP contribution in [0.3, 0.4) is 0 Å². The van der Waals surface area contributed by atoms with Crippen LogP contribution in [0.1, 0.15) is 44.7 Å². The number of nitrogens with two attached hydrogens (primary N) is 1. The molecule has 2 nitrogen and oxygen atoms in total. The summed E-state index contributed by atoms with van der Waals surface area (Å²) in [6, 6.07) is 8.75. The quantitative estimate of drug-likeness (QED) is 0.781. The molecule has 0 atom stereocenters. The van der Waals surface area contributed by atoms with Crippen LogP contribution in [-0.2, 0) is 6.54 Å². The highest BCUT2D eigenvalue weighted by Gasteiger charge is 2.19. The normalized spacial score (nSPS) is 12.1. The number of rotatable bonds is 5. The Morgan fingerprint density at radius 2 is 1.75 bits per heavy atom. The van der Waals surface area contributed by atoms with Gasteiger partial charge in [-0.25, -0.2) is 0 Å². The molecule has 90 valence electrons. The minimum absolute atomic E-state index is 0.0866. The Hall–Kier alpha value is -0.860. The van der Waals surface area contributed by atoms with Gasteiger partial charge in [0, 0.05) is 5.56 Å². The molecule has 3 N–H and O–H groups in total. The lowest BCUT2D eigenvalue weighted by molar-refractivity contribution is -0.736. The second kappa shape index (κ2) is 5.46. The van der Waals surface area contributed by atoms with Crippen molar-refractivity contribution in [3.8, 4) is 0 Å². The van der Waals surface area contributed by atoms with Crippen LogP contribution in [0.25, 0.3) is 0 Å². The van der Waals surface area contributed by atoms with E-state index < -0.39 is 0 Å². The van der Waals surface area contributed by atoms with E-state index in [1.807, 2.05) is 0 Å². The molecular weight excluding hydrogens is 198 g/mol. The number of hydrogen-bond donors (Lipinski definition) is 2. The Labute approximate surface area is 98.7 Å². The fourth-order valence-corrected chi connectivity index (χ4v) is 1.50. The SMILES string of the molecule is CC(C)c1ccc(C[NH2+]C(C)(C)CO)cc1. The molecule has 2 heteroatoms. The van der Waals surface area contributed by atoms with Gasteiger partial charge in [-0.2, -0.15) is 0 Å². The molecule has 0 spiro atoms. The molecule has 0 saturated heterocycles. The van der Waals surface area contributed by atoms with Gasteiger partial charge in [-0.3, -0.25) is 0 Å². The highest BCUT2D eigenvalue weighted by atomic mass is 16.3. The fourth-order valence-electron chi connectivity index (χ4n) is 1.50. The molecule has 0 aliphatic rings. The second-order valence-electron chi connectivity index (χ2n) is 5.45. The maximum atomic E-state index is 9.16. The topological polar surface area (TPSA) is 36.8 Å². The second-order valence-corrected chi connectivity index (χ2v) is 5.45. The van der Waals surface area contributed by atoms with E-state index in [-0.39, 0.29) is 12.1 Å². The van der Waals surface area contributed by atoms with Gasteiger partial charge < -0.3 is 10.4 Å². The first-order valence-corrected chi connectivity index (χ1v) is 5.99. The van der Waals surface area contributed by atoms with Crippen LogP contribution in [-0.4, -0.2) is 17.3 Å². The molecule has 0 aliphatic heterocycles. The van der Waals surface area contributed by atoms with Gasteiger partial charge in [0.1, 0.15) is 12.1 Å². The fraction of sp³-hybridized carbons (Fsp3) is 0.571. The molecular formula is C14H24NO+. The lowest BCUT2D eigenvalue weighted by Gasteiger charge is -2.19. The van der Waals surface area contributed by atoms with E-state index >= 15 is 0 Å². The van der Waals surface area contributed by atoms with E-state index in [0.717, 1.165) is 6.54 Å². The molecule has 1 aromatic carbocycles. The molecule has 0 amide bonds. The predicted octanol–water partition coefficient (Wildman–Crippen LogP) is 1.64. The monoisotopic (exact) mass is 222 g/mol. The molecule has 1 aromatic rings. The standard InChI is InChI=1S/C14H23NO/c1-11(2)13-7-5-12(6-8-13)9-15-14(3,4)10-16/h5-8,11,15-16H,9-10H2,1-4H3/p+1. The Morgan fingerprint density at radius 1 is 1.19 bits per heavy atom. The molecule has 0 saturated carbocycles. The highest BCUT2D eigenvalue weighted by Crippen LogP contribution is 2.14. The van der Waals surface area contributed by atoms with Gasteiger partial charge in [0.2, 0.25) is 0 Å². The van der Waals surface area contributed by atoms with Crippen LogP contribution < -0.4 is 5.32 Å².